The van der Waals surface area contributed by atoms with Gasteiger partial charge in [-0.1, -0.05) is 30.3 Å². The second kappa shape index (κ2) is 10.3. The number of halogens is 1. The van der Waals surface area contributed by atoms with E-state index in [9.17, 15) is 14.4 Å². The lowest BCUT2D eigenvalue weighted by Crippen LogP contribution is -2.36. The number of aryl methyl sites for hydroxylation is 1. The van der Waals surface area contributed by atoms with E-state index in [1.807, 2.05) is 37.3 Å². The predicted octanol–water partition coefficient (Wildman–Crippen LogP) is 2.63. The number of carbonyl (C=O) groups excluding carboxylic acids is 1. The molecule has 0 fully saturated rings. The van der Waals surface area contributed by atoms with Crippen LogP contribution in [0.2, 0.25) is 0 Å². The van der Waals surface area contributed by atoms with E-state index in [1.54, 1.807) is 16.8 Å². The minimum Gasteiger partial charge on any atom is -0.383 e. The molecule has 9 nitrogen and oxygen atoms in total. The van der Waals surface area contributed by atoms with Crippen LogP contribution in [0.5, 0.6) is 0 Å². The molecule has 0 saturated carbocycles. The van der Waals surface area contributed by atoms with E-state index in [4.69, 9.17) is 4.74 Å². The highest BCUT2D eigenvalue weighted by molar-refractivity contribution is 9.10. The number of amides is 1. The molecule has 0 unspecified atom stereocenters. The minimum atomic E-state index is -0.630. The van der Waals surface area contributed by atoms with Crippen LogP contribution in [0.25, 0.3) is 0 Å². The van der Waals surface area contributed by atoms with Crippen LogP contribution in [-0.4, -0.2) is 33.7 Å². The van der Waals surface area contributed by atoms with Crippen LogP contribution in [0.1, 0.15) is 23.0 Å². The Hall–Kier alpha value is -3.11. The van der Waals surface area contributed by atoms with Crippen LogP contribution in [0.3, 0.4) is 0 Å². The molecule has 10 heteroatoms. The Kier molecular flexibility index (Phi) is 7.48. The van der Waals surface area contributed by atoms with Gasteiger partial charge in [0.1, 0.15) is 17.2 Å². The molecule has 0 saturated heterocycles. The third kappa shape index (κ3) is 5.33. The number of methoxy groups -OCH3 is 1. The summed E-state index contributed by atoms with van der Waals surface area (Å²) in [5.41, 5.74) is 0.195. The fraction of sp³-hybridized carbons (Fsp3) is 0.286. The minimum absolute atomic E-state index is 0.0895. The lowest BCUT2D eigenvalue weighted by molar-refractivity contribution is 0.101. The molecule has 164 valence electrons. The summed E-state index contributed by atoms with van der Waals surface area (Å²) in [4.78, 5) is 40.5. The molecule has 0 aliphatic heterocycles. The Morgan fingerprint density at radius 3 is 2.65 bits per heavy atom. The number of benzene rings is 1. The van der Waals surface area contributed by atoms with E-state index in [0.717, 1.165) is 10.0 Å². The molecule has 31 heavy (non-hydrogen) atoms. The first kappa shape index (κ1) is 22.6. The zero-order valence-electron chi connectivity index (χ0n) is 17.3. The number of hydrogen-bond donors (Lipinski definition) is 3. The highest BCUT2D eigenvalue weighted by Crippen LogP contribution is 2.20. The lowest BCUT2D eigenvalue weighted by atomic mass is 10.2. The predicted molar refractivity (Wildman–Crippen MR) is 123 cm³/mol. The Morgan fingerprint density at radius 2 is 1.97 bits per heavy atom. The van der Waals surface area contributed by atoms with Gasteiger partial charge in [0.15, 0.2) is 0 Å². The summed E-state index contributed by atoms with van der Waals surface area (Å²) in [6, 6.07) is 11.2. The van der Waals surface area contributed by atoms with Crippen molar-refractivity contribution >= 4 is 33.3 Å². The first-order valence-electron chi connectivity index (χ1n) is 9.75. The summed E-state index contributed by atoms with van der Waals surface area (Å²) in [7, 11) is 1.51. The fourth-order valence-corrected chi connectivity index (χ4v) is 3.61. The molecule has 2 heterocycles. The van der Waals surface area contributed by atoms with Crippen molar-refractivity contribution in [2.45, 2.75) is 26.6 Å². The number of nitrogens with zero attached hydrogens (tertiary/aromatic N) is 2. The first-order valence-corrected chi connectivity index (χ1v) is 10.5. The Labute approximate surface area is 187 Å². The molecular formula is C21H24BrN5O4. The average Bonchev–Trinajstić information content (AvgIpc) is 3.14. The van der Waals surface area contributed by atoms with Crippen molar-refractivity contribution in [2.24, 2.45) is 0 Å². The zero-order chi connectivity index (χ0) is 22.4. The summed E-state index contributed by atoms with van der Waals surface area (Å²) in [5.74, 6) is -0.349. The molecule has 0 radical (unpaired) electrons. The molecule has 0 atom stereocenters. The van der Waals surface area contributed by atoms with Gasteiger partial charge >= 0.3 is 5.69 Å². The summed E-state index contributed by atoms with van der Waals surface area (Å²) >= 11 is 3.37. The summed E-state index contributed by atoms with van der Waals surface area (Å²) in [6.07, 6.45) is 1.79. The van der Waals surface area contributed by atoms with Gasteiger partial charge in [0.2, 0.25) is 0 Å². The van der Waals surface area contributed by atoms with Gasteiger partial charge < -0.3 is 19.9 Å². The van der Waals surface area contributed by atoms with E-state index < -0.39 is 17.2 Å². The SMILES string of the molecule is CCn1cc(Br)cc1C(=O)Nc1c(NCc2ccccc2)c(=O)[nH]c(=O)n1CCOC. The maximum Gasteiger partial charge on any atom is 0.330 e. The normalized spacial score (nSPS) is 10.8. The van der Waals surface area contributed by atoms with Crippen molar-refractivity contribution in [1.82, 2.24) is 14.1 Å². The maximum atomic E-state index is 13.0. The second-order valence-corrected chi connectivity index (χ2v) is 7.67. The molecule has 3 aromatic rings. The zero-order valence-corrected chi connectivity index (χ0v) is 18.9. The molecular weight excluding hydrogens is 466 g/mol. The Balaban J connectivity index is 2.02. The van der Waals surface area contributed by atoms with Gasteiger partial charge in [-0.3, -0.25) is 19.1 Å². The summed E-state index contributed by atoms with van der Waals surface area (Å²) < 4.78 is 8.89. The molecule has 0 aliphatic carbocycles. The largest absolute Gasteiger partial charge is 0.383 e. The van der Waals surface area contributed by atoms with Crippen LogP contribution < -0.4 is 21.9 Å². The summed E-state index contributed by atoms with van der Waals surface area (Å²) in [6.45, 7) is 3.22. The molecule has 0 spiro atoms. The highest BCUT2D eigenvalue weighted by atomic mass is 79.9. The van der Waals surface area contributed by atoms with Crippen LogP contribution in [0.4, 0.5) is 11.5 Å². The van der Waals surface area contributed by atoms with E-state index in [-0.39, 0.29) is 24.7 Å². The van der Waals surface area contributed by atoms with Crippen molar-refractivity contribution in [3.8, 4) is 0 Å². The van der Waals surface area contributed by atoms with E-state index in [1.165, 1.54) is 11.7 Å². The smallest absolute Gasteiger partial charge is 0.330 e. The summed E-state index contributed by atoms with van der Waals surface area (Å²) in [5, 5.41) is 5.81. The second-order valence-electron chi connectivity index (χ2n) is 6.75. The van der Waals surface area contributed by atoms with Gasteiger partial charge in [-0.15, -0.1) is 0 Å². The fourth-order valence-electron chi connectivity index (χ4n) is 3.15. The number of rotatable bonds is 9. The molecule has 1 aromatic carbocycles. The first-order chi connectivity index (χ1) is 14.9. The molecule has 1 amide bonds. The average molecular weight is 490 g/mol. The number of hydrogen-bond acceptors (Lipinski definition) is 5. The molecule has 0 aliphatic rings. The molecule has 2 aromatic heterocycles. The van der Waals surface area contributed by atoms with Crippen molar-refractivity contribution in [3.05, 3.63) is 79.2 Å². The van der Waals surface area contributed by atoms with Crippen molar-refractivity contribution in [3.63, 3.8) is 0 Å². The number of anilines is 2. The number of aromatic amines is 1. The third-order valence-electron chi connectivity index (χ3n) is 4.70. The van der Waals surface area contributed by atoms with Gasteiger partial charge in [0, 0.05) is 30.9 Å². The van der Waals surface area contributed by atoms with Crippen LogP contribution in [0.15, 0.2) is 56.7 Å². The monoisotopic (exact) mass is 489 g/mol. The van der Waals surface area contributed by atoms with Gasteiger partial charge in [0.25, 0.3) is 11.5 Å². The Bertz CT molecular complexity index is 1170. The van der Waals surface area contributed by atoms with Gasteiger partial charge in [-0.25, -0.2) is 4.79 Å². The van der Waals surface area contributed by atoms with Crippen molar-refractivity contribution in [2.75, 3.05) is 24.4 Å². The van der Waals surface area contributed by atoms with Crippen molar-refractivity contribution < 1.29 is 9.53 Å². The van der Waals surface area contributed by atoms with Crippen LogP contribution >= 0.6 is 15.9 Å². The molecule has 3 N–H and O–H groups in total. The number of carbonyl (C=O) groups is 1. The van der Waals surface area contributed by atoms with Crippen LogP contribution in [0, 0.1) is 0 Å². The third-order valence-corrected chi connectivity index (χ3v) is 5.13. The van der Waals surface area contributed by atoms with Crippen molar-refractivity contribution in [1.29, 1.82) is 0 Å². The number of aromatic nitrogens is 3. The van der Waals surface area contributed by atoms with Gasteiger partial charge in [-0.05, 0) is 34.5 Å². The number of H-pyrrole nitrogens is 1. The maximum absolute atomic E-state index is 13.0. The Morgan fingerprint density at radius 1 is 1.23 bits per heavy atom. The van der Waals surface area contributed by atoms with Gasteiger partial charge in [0.05, 0.1) is 13.2 Å². The highest BCUT2D eigenvalue weighted by Gasteiger charge is 2.20. The van der Waals surface area contributed by atoms with E-state index in [2.05, 4.69) is 31.5 Å². The van der Waals surface area contributed by atoms with Crippen LogP contribution in [-0.2, 0) is 24.4 Å². The standard InChI is InChI=1S/C21H24BrN5O4/c1-3-26-13-15(22)11-16(26)19(28)24-18-17(23-12-14-7-5-4-6-8-14)20(29)25-21(30)27(18)9-10-31-2/h4-8,11,13,23H,3,9-10,12H2,1-2H3,(H,24,28)(H,25,29,30). The molecule has 0 bridgehead atoms. The van der Waals surface area contributed by atoms with E-state index in [0.29, 0.717) is 18.8 Å². The van der Waals surface area contributed by atoms with Gasteiger partial charge in [-0.2, -0.15) is 0 Å². The quantitative estimate of drug-likeness (QED) is 0.427. The molecule has 3 rings (SSSR count). The lowest BCUT2D eigenvalue weighted by Gasteiger charge is -2.18. The number of nitrogens with one attached hydrogen (secondary N) is 3. The topological polar surface area (TPSA) is 110 Å². The number of ether oxygens (including phenoxy) is 1. The van der Waals surface area contributed by atoms with E-state index >= 15 is 0 Å².